The molecule has 0 fully saturated rings. The number of hydrogen-bond donors (Lipinski definition) is 1. The van der Waals surface area contributed by atoms with Crippen molar-refractivity contribution in [3.05, 3.63) is 18.7 Å². The summed E-state index contributed by atoms with van der Waals surface area (Å²) < 4.78 is 0. The van der Waals surface area contributed by atoms with Gasteiger partial charge in [-0.3, -0.25) is 5.10 Å². The van der Waals surface area contributed by atoms with Crippen LogP contribution in [0.15, 0.2) is 12.9 Å². The summed E-state index contributed by atoms with van der Waals surface area (Å²) in [6.07, 6.45) is 1.46. The Morgan fingerprint density at radius 1 is 1.88 bits per heavy atom. The first kappa shape index (κ1) is 5.03. The van der Waals surface area contributed by atoms with Crippen LogP contribution < -0.4 is 0 Å². The van der Waals surface area contributed by atoms with Crippen molar-refractivity contribution in [1.29, 1.82) is 0 Å². The Morgan fingerprint density at radius 2 is 2.62 bits per heavy atom. The summed E-state index contributed by atoms with van der Waals surface area (Å²) in [7, 11) is 0. The summed E-state index contributed by atoms with van der Waals surface area (Å²) in [4.78, 5) is 3.85. The molecule has 3 nitrogen and oxygen atoms in total. The monoisotopic (exact) mass is 109 g/mol. The summed E-state index contributed by atoms with van der Waals surface area (Å²) >= 11 is 0. The Labute approximate surface area is 47.5 Å². The molecule has 42 valence electrons. The van der Waals surface area contributed by atoms with E-state index in [1.165, 1.54) is 6.33 Å². The highest BCUT2D eigenvalue weighted by atomic mass is 15.2. The quantitative estimate of drug-likeness (QED) is 0.580. The maximum absolute atomic E-state index is 3.85. The standard InChI is InChI=1S/C5H7N3/c1-4(2)5-6-3-7-8-5/h3H,1H2,2H3,(H,6,7,8). The van der Waals surface area contributed by atoms with E-state index in [9.17, 15) is 0 Å². The van der Waals surface area contributed by atoms with Crippen molar-refractivity contribution in [2.75, 3.05) is 0 Å². The zero-order chi connectivity index (χ0) is 5.98. The highest BCUT2D eigenvalue weighted by Gasteiger charge is 1.90. The Kier molecular flexibility index (Phi) is 1.12. The van der Waals surface area contributed by atoms with Gasteiger partial charge in [0.25, 0.3) is 0 Å². The van der Waals surface area contributed by atoms with Crippen molar-refractivity contribution < 1.29 is 0 Å². The Morgan fingerprint density at radius 3 is 2.88 bits per heavy atom. The molecule has 0 saturated heterocycles. The number of aromatic nitrogens is 3. The van der Waals surface area contributed by atoms with Crippen molar-refractivity contribution in [3.8, 4) is 0 Å². The molecule has 1 heterocycles. The van der Waals surface area contributed by atoms with E-state index in [-0.39, 0.29) is 0 Å². The van der Waals surface area contributed by atoms with E-state index in [0.717, 1.165) is 11.4 Å². The van der Waals surface area contributed by atoms with Crippen LogP contribution in [0.5, 0.6) is 0 Å². The van der Waals surface area contributed by atoms with E-state index in [4.69, 9.17) is 0 Å². The van der Waals surface area contributed by atoms with Gasteiger partial charge in [-0.25, -0.2) is 4.98 Å². The maximum atomic E-state index is 3.85. The van der Waals surface area contributed by atoms with Crippen LogP contribution in [0.3, 0.4) is 0 Å². The molecule has 3 heteroatoms. The van der Waals surface area contributed by atoms with Crippen LogP contribution in [0.2, 0.25) is 0 Å². The van der Waals surface area contributed by atoms with E-state index < -0.39 is 0 Å². The van der Waals surface area contributed by atoms with Crippen molar-refractivity contribution in [2.24, 2.45) is 0 Å². The third kappa shape index (κ3) is 0.753. The molecule has 8 heavy (non-hydrogen) atoms. The summed E-state index contributed by atoms with van der Waals surface area (Å²) in [5.74, 6) is 0.755. The molecule has 0 atom stereocenters. The summed E-state index contributed by atoms with van der Waals surface area (Å²) in [5, 5.41) is 6.32. The largest absolute Gasteiger partial charge is 0.260 e. The van der Waals surface area contributed by atoms with Crippen molar-refractivity contribution in [3.63, 3.8) is 0 Å². The minimum atomic E-state index is 0.755. The number of allylic oxidation sites excluding steroid dienone is 1. The SMILES string of the molecule is C=C(C)c1ncn[nH]1. The van der Waals surface area contributed by atoms with Crippen molar-refractivity contribution >= 4 is 5.57 Å². The van der Waals surface area contributed by atoms with Gasteiger partial charge >= 0.3 is 0 Å². The van der Waals surface area contributed by atoms with Gasteiger partial charge in [0.2, 0.25) is 0 Å². The van der Waals surface area contributed by atoms with Crippen LogP contribution in [-0.2, 0) is 0 Å². The third-order valence-electron chi connectivity index (χ3n) is 0.819. The van der Waals surface area contributed by atoms with E-state index in [2.05, 4.69) is 21.8 Å². The first-order chi connectivity index (χ1) is 3.80. The van der Waals surface area contributed by atoms with Gasteiger partial charge < -0.3 is 0 Å². The highest BCUT2D eigenvalue weighted by Crippen LogP contribution is 1.99. The molecule has 0 aliphatic rings. The lowest BCUT2D eigenvalue weighted by Gasteiger charge is -1.84. The smallest absolute Gasteiger partial charge is 0.150 e. The molecule has 0 unspecified atom stereocenters. The molecule has 0 aliphatic heterocycles. The molecular weight excluding hydrogens is 102 g/mol. The van der Waals surface area contributed by atoms with Gasteiger partial charge in [-0.15, -0.1) is 0 Å². The number of hydrogen-bond acceptors (Lipinski definition) is 2. The molecule has 0 aliphatic carbocycles. The predicted octanol–water partition coefficient (Wildman–Crippen LogP) is 0.838. The summed E-state index contributed by atoms with van der Waals surface area (Å²) in [5.41, 5.74) is 0.905. The minimum absolute atomic E-state index is 0.755. The molecule has 0 spiro atoms. The first-order valence-electron chi connectivity index (χ1n) is 2.32. The summed E-state index contributed by atoms with van der Waals surface area (Å²) in [6, 6.07) is 0. The molecule has 1 aromatic heterocycles. The van der Waals surface area contributed by atoms with Gasteiger partial charge in [0.15, 0.2) is 0 Å². The fourth-order valence-electron chi connectivity index (χ4n) is 0.411. The molecular formula is C5H7N3. The van der Waals surface area contributed by atoms with E-state index in [0.29, 0.717) is 0 Å². The highest BCUT2D eigenvalue weighted by molar-refractivity contribution is 5.53. The number of rotatable bonds is 1. The molecule has 1 rings (SSSR count). The van der Waals surface area contributed by atoms with Gasteiger partial charge in [0, 0.05) is 0 Å². The van der Waals surface area contributed by atoms with Crippen molar-refractivity contribution in [1.82, 2.24) is 15.2 Å². The minimum Gasteiger partial charge on any atom is -0.260 e. The normalized spacial score (nSPS) is 9.12. The Hall–Kier alpha value is -1.12. The molecule has 1 N–H and O–H groups in total. The Bertz CT molecular complexity index is 176. The second-order valence-corrected chi connectivity index (χ2v) is 1.61. The molecule has 1 aromatic rings. The van der Waals surface area contributed by atoms with E-state index >= 15 is 0 Å². The fourth-order valence-corrected chi connectivity index (χ4v) is 0.411. The lowest BCUT2D eigenvalue weighted by Crippen LogP contribution is -1.78. The number of H-pyrrole nitrogens is 1. The van der Waals surface area contributed by atoms with Gasteiger partial charge in [0.05, 0.1) is 0 Å². The topological polar surface area (TPSA) is 41.6 Å². The van der Waals surface area contributed by atoms with Gasteiger partial charge in [0.1, 0.15) is 12.2 Å². The van der Waals surface area contributed by atoms with Crippen LogP contribution in [0.25, 0.3) is 5.57 Å². The second-order valence-electron chi connectivity index (χ2n) is 1.61. The van der Waals surface area contributed by atoms with Gasteiger partial charge in [-0.05, 0) is 12.5 Å². The van der Waals surface area contributed by atoms with Crippen LogP contribution in [-0.4, -0.2) is 15.2 Å². The zero-order valence-electron chi connectivity index (χ0n) is 4.68. The third-order valence-corrected chi connectivity index (χ3v) is 0.819. The Balaban J connectivity index is 2.93. The van der Waals surface area contributed by atoms with Crippen molar-refractivity contribution in [2.45, 2.75) is 6.92 Å². The van der Waals surface area contributed by atoms with Crippen LogP contribution in [0.1, 0.15) is 12.7 Å². The van der Waals surface area contributed by atoms with Crippen LogP contribution in [0.4, 0.5) is 0 Å². The molecule has 0 amide bonds. The summed E-state index contributed by atoms with van der Waals surface area (Å²) in [6.45, 7) is 5.54. The second kappa shape index (κ2) is 1.78. The molecule has 0 aromatic carbocycles. The van der Waals surface area contributed by atoms with Crippen LogP contribution >= 0.6 is 0 Å². The maximum Gasteiger partial charge on any atom is 0.150 e. The zero-order valence-corrected chi connectivity index (χ0v) is 4.68. The van der Waals surface area contributed by atoms with Gasteiger partial charge in [-0.2, -0.15) is 5.10 Å². The average molecular weight is 109 g/mol. The average Bonchev–Trinajstić information content (AvgIpc) is 2.12. The van der Waals surface area contributed by atoms with Gasteiger partial charge in [-0.1, -0.05) is 6.58 Å². The molecule has 0 bridgehead atoms. The van der Waals surface area contributed by atoms with E-state index in [1.807, 2.05) is 6.92 Å². The fraction of sp³-hybridized carbons (Fsp3) is 0.200. The number of nitrogens with one attached hydrogen (secondary N) is 1. The number of nitrogens with zero attached hydrogens (tertiary/aromatic N) is 2. The lowest BCUT2D eigenvalue weighted by molar-refractivity contribution is 1.07. The lowest BCUT2D eigenvalue weighted by atomic mass is 10.3. The van der Waals surface area contributed by atoms with E-state index in [1.54, 1.807) is 0 Å². The number of aromatic amines is 1. The first-order valence-corrected chi connectivity index (χ1v) is 2.32. The van der Waals surface area contributed by atoms with Crippen LogP contribution in [0, 0.1) is 0 Å². The molecule has 0 saturated carbocycles. The predicted molar refractivity (Wildman–Crippen MR) is 31.1 cm³/mol. The molecule has 0 radical (unpaired) electrons.